The molecule has 2 atom stereocenters. The van der Waals surface area contributed by atoms with Crippen LogP contribution < -0.4 is 5.32 Å². The lowest BCUT2D eigenvalue weighted by Crippen LogP contribution is -2.38. The Labute approximate surface area is 147 Å². The molecule has 5 nitrogen and oxygen atoms in total. The lowest BCUT2D eigenvalue weighted by molar-refractivity contribution is -0.123. The van der Waals surface area contributed by atoms with E-state index in [1.807, 2.05) is 30.1 Å². The molecule has 1 aliphatic rings. The number of carbonyl (C=O) groups excluding carboxylic acids is 1. The van der Waals surface area contributed by atoms with Crippen LogP contribution in [0.15, 0.2) is 17.5 Å². The van der Waals surface area contributed by atoms with Crippen LogP contribution in [-0.2, 0) is 11.8 Å². The van der Waals surface area contributed by atoms with E-state index in [1.54, 1.807) is 11.3 Å². The molecule has 0 aromatic carbocycles. The highest BCUT2D eigenvalue weighted by Gasteiger charge is 2.31. The third-order valence-electron chi connectivity index (χ3n) is 4.96. The van der Waals surface area contributed by atoms with E-state index in [1.165, 1.54) is 16.1 Å². The monoisotopic (exact) mass is 346 g/mol. The molecule has 1 aliphatic heterocycles. The normalized spacial score (nSPS) is 19.6. The van der Waals surface area contributed by atoms with Crippen molar-refractivity contribution in [2.75, 3.05) is 13.1 Å². The first kappa shape index (κ1) is 17.2. The van der Waals surface area contributed by atoms with E-state index < -0.39 is 0 Å². The maximum Gasteiger partial charge on any atom is 0.234 e. The lowest BCUT2D eigenvalue weighted by atomic mass is 10.0. The van der Waals surface area contributed by atoms with Crippen LogP contribution in [0.25, 0.3) is 0 Å². The summed E-state index contributed by atoms with van der Waals surface area (Å²) in [5.74, 6) is 0.0991. The van der Waals surface area contributed by atoms with Crippen molar-refractivity contribution < 1.29 is 4.79 Å². The zero-order chi connectivity index (χ0) is 17.3. The van der Waals surface area contributed by atoms with E-state index in [9.17, 15) is 4.79 Å². The summed E-state index contributed by atoms with van der Waals surface area (Å²) >= 11 is 1.68. The summed E-state index contributed by atoms with van der Waals surface area (Å²) in [5, 5.41) is 9.71. The Morgan fingerprint density at radius 1 is 1.50 bits per heavy atom. The zero-order valence-corrected chi connectivity index (χ0v) is 15.7. The largest absolute Gasteiger partial charge is 0.348 e. The van der Waals surface area contributed by atoms with E-state index in [2.05, 4.69) is 35.2 Å². The molecule has 1 amide bonds. The van der Waals surface area contributed by atoms with Crippen molar-refractivity contribution in [1.29, 1.82) is 0 Å². The molecule has 0 radical (unpaired) electrons. The van der Waals surface area contributed by atoms with Crippen molar-refractivity contribution in [1.82, 2.24) is 20.0 Å². The Morgan fingerprint density at radius 2 is 2.29 bits per heavy atom. The summed E-state index contributed by atoms with van der Waals surface area (Å²) in [6, 6.07) is 4.46. The fourth-order valence-corrected chi connectivity index (χ4v) is 4.43. The number of nitrogens with one attached hydrogen (secondary N) is 1. The number of hydrogen-bond acceptors (Lipinski definition) is 4. The van der Waals surface area contributed by atoms with Gasteiger partial charge in [0, 0.05) is 29.2 Å². The van der Waals surface area contributed by atoms with Gasteiger partial charge in [-0.05, 0) is 51.6 Å². The molecular weight excluding hydrogens is 320 g/mol. The Hall–Kier alpha value is -1.66. The van der Waals surface area contributed by atoms with Gasteiger partial charge in [0.2, 0.25) is 5.91 Å². The van der Waals surface area contributed by atoms with Crippen LogP contribution in [0.3, 0.4) is 0 Å². The van der Waals surface area contributed by atoms with Crippen molar-refractivity contribution in [2.45, 2.75) is 45.7 Å². The Bertz CT molecular complexity index is 707. The number of amides is 1. The second-order valence-electron chi connectivity index (χ2n) is 6.64. The SMILES string of the molecule is Cc1nn(C)c(C)c1[C@H]1CCCN1CC(=O)N[C@H](C)c1cccs1. The highest BCUT2D eigenvalue weighted by Crippen LogP contribution is 2.35. The highest BCUT2D eigenvalue weighted by atomic mass is 32.1. The topological polar surface area (TPSA) is 50.2 Å². The molecule has 130 valence electrons. The molecule has 3 heterocycles. The maximum atomic E-state index is 12.5. The molecule has 6 heteroatoms. The van der Waals surface area contributed by atoms with Crippen LogP contribution in [0.2, 0.25) is 0 Å². The van der Waals surface area contributed by atoms with Crippen molar-refractivity contribution in [3.05, 3.63) is 39.3 Å². The standard InChI is InChI=1S/C18H26N4OS/c1-12(16-8-6-10-24-16)19-17(23)11-22-9-5-7-15(22)18-13(2)20-21(4)14(18)3/h6,8,10,12,15H,5,7,9,11H2,1-4H3,(H,19,23)/t12-,15-/m1/s1. The minimum Gasteiger partial charge on any atom is -0.348 e. The molecule has 1 N–H and O–H groups in total. The summed E-state index contributed by atoms with van der Waals surface area (Å²) in [7, 11) is 1.99. The van der Waals surface area contributed by atoms with Crippen molar-refractivity contribution in [2.24, 2.45) is 7.05 Å². The van der Waals surface area contributed by atoms with Gasteiger partial charge < -0.3 is 5.32 Å². The number of likely N-dealkylation sites (tertiary alicyclic amines) is 1. The minimum absolute atomic E-state index is 0.0698. The van der Waals surface area contributed by atoms with E-state index in [0.717, 1.165) is 25.1 Å². The Kier molecular flexibility index (Phi) is 5.06. The van der Waals surface area contributed by atoms with E-state index in [4.69, 9.17) is 0 Å². The van der Waals surface area contributed by atoms with Gasteiger partial charge in [0.1, 0.15) is 0 Å². The summed E-state index contributed by atoms with van der Waals surface area (Å²) in [6.07, 6.45) is 2.23. The predicted molar refractivity (Wildman–Crippen MR) is 97.1 cm³/mol. The molecular formula is C18H26N4OS. The maximum absolute atomic E-state index is 12.5. The van der Waals surface area contributed by atoms with Crippen molar-refractivity contribution in [3.8, 4) is 0 Å². The third kappa shape index (κ3) is 3.39. The van der Waals surface area contributed by atoms with Crippen LogP contribution >= 0.6 is 11.3 Å². The van der Waals surface area contributed by atoms with Crippen LogP contribution in [0, 0.1) is 13.8 Å². The molecule has 0 unspecified atom stereocenters. The number of aryl methyl sites for hydroxylation is 2. The zero-order valence-electron chi connectivity index (χ0n) is 14.9. The Balaban J connectivity index is 1.66. The number of carbonyl (C=O) groups is 1. The van der Waals surface area contributed by atoms with Gasteiger partial charge in [0.25, 0.3) is 0 Å². The molecule has 0 spiro atoms. The van der Waals surface area contributed by atoms with E-state index in [-0.39, 0.29) is 11.9 Å². The van der Waals surface area contributed by atoms with Gasteiger partial charge in [-0.1, -0.05) is 6.07 Å². The average Bonchev–Trinajstić information content (AvgIpc) is 3.23. The molecule has 24 heavy (non-hydrogen) atoms. The Morgan fingerprint density at radius 3 is 2.92 bits per heavy atom. The van der Waals surface area contributed by atoms with Crippen molar-refractivity contribution >= 4 is 17.2 Å². The second kappa shape index (κ2) is 7.07. The number of hydrogen-bond donors (Lipinski definition) is 1. The van der Waals surface area contributed by atoms with Crippen molar-refractivity contribution in [3.63, 3.8) is 0 Å². The first-order valence-electron chi connectivity index (χ1n) is 8.54. The molecule has 1 saturated heterocycles. The fraction of sp³-hybridized carbons (Fsp3) is 0.556. The van der Waals surface area contributed by atoms with Gasteiger partial charge in [-0.2, -0.15) is 5.10 Å². The molecule has 0 saturated carbocycles. The highest BCUT2D eigenvalue weighted by molar-refractivity contribution is 7.10. The van der Waals surface area contributed by atoms with Crippen LogP contribution in [0.4, 0.5) is 0 Å². The number of thiophene rings is 1. The van der Waals surface area contributed by atoms with Gasteiger partial charge in [-0.3, -0.25) is 14.4 Å². The molecule has 2 aromatic heterocycles. The fourth-order valence-electron chi connectivity index (χ4n) is 3.69. The number of nitrogens with zero attached hydrogens (tertiary/aromatic N) is 3. The molecule has 2 aromatic rings. The smallest absolute Gasteiger partial charge is 0.234 e. The molecule has 3 rings (SSSR count). The van der Waals surface area contributed by atoms with Crippen LogP contribution in [0.1, 0.15) is 53.7 Å². The van der Waals surface area contributed by atoms with Gasteiger partial charge >= 0.3 is 0 Å². The first-order chi connectivity index (χ1) is 11.5. The lowest BCUT2D eigenvalue weighted by Gasteiger charge is -2.25. The van der Waals surface area contributed by atoms with Gasteiger partial charge in [0.05, 0.1) is 18.3 Å². The van der Waals surface area contributed by atoms with Gasteiger partial charge in [0.15, 0.2) is 0 Å². The molecule has 0 aliphatic carbocycles. The van der Waals surface area contributed by atoms with Gasteiger partial charge in [-0.25, -0.2) is 0 Å². The average molecular weight is 346 g/mol. The molecule has 1 fully saturated rings. The minimum atomic E-state index is 0.0698. The summed E-state index contributed by atoms with van der Waals surface area (Å²) < 4.78 is 1.94. The third-order valence-corrected chi connectivity index (χ3v) is 6.01. The number of aromatic nitrogens is 2. The summed E-state index contributed by atoms with van der Waals surface area (Å²) in [6.45, 7) is 7.65. The first-order valence-corrected chi connectivity index (χ1v) is 9.42. The van der Waals surface area contributed by atoms with Crippen LogP contribution in [0.5, 0.6) is 0 Å². The quantitative estimate of drug-likeness (QED) is 0.905. The van der Waals surface area contributed by atoms with Gasteiger partial charge in [-0.15, -0.1) is 11.3 Å². The molecule has 0 bridgehead atoms. The summed E-state index contributed by atoms with van der Waals surface area (Å²) in [5.41, 5.74) is 3.59. The number of rotatable bonds is 5. The van der Waals surface area contributed by atoms with E-state index in [0.29, 0.717) is 12.6 Å². The second-order valence-corrected chi connectivity index (χ2v) is 7.62. The predicted octanol–water partition coefficient (Wildman–Crippen LogP) is 3.11. The summed E-state index contributed by atoms with van der Waals surface area (Å²) in [4.78, 5) is 16.0. The van der Waals surface area contributed by atoms with Crippen LogP contribution in [-0.4, -0.2) is 33.7 Å². The van der Waals surface area contributed by atoms with E-state index >= 15 is 0 Å².